The molecule has 0 aromatic carbocycles. The maximum absolute atomic E-state index is 5.52. The Bertz CT molecular complexity index is 259. The van der Waals surface area contributed by atoms with Crippen molar-refractivity contribution >= 4 is 0 Å². The van der Waals surface area contributed by atoms with E-state index in [-0.39, 0.29) is 0 Å². The van der Waals surface area contributed by atoms with E-state index >= 15 is 0 Å². The molecule has 1 N–H and O–H groups in total. The number of ether oxygens (including phenoxy) is 1. The fourth-order valence-corrected chi connectivity index (χ4v) is 1.21. The monoisotopic (exact) mass is 208 g/mol. The molecule has 1 aromatic heterocycles. The van der Waals surface area contributed by atoms with Gasteiger partial charge < -0.3 is 10.1 Å². The standard InChI is InChI=1S/C12H20N2O/c1-3-4-7-13-8-9-15-12-6-5-11(2)14-10-12/h5-6,10,13H,3-4,7-9H2,1-2H3. The van der Waals surface area contributed by atoms with Crippen molar-refractivity contribution in [3.63, 3.8) is 0 Å². The van der Waals surface area contributed by atoms with Crippen molar-refractivity contribution in [2.45, 2.75) is 26.7 Å². The fraction of sp³-hybridized carbons (Fsp3) is 0.583. The lowest BCUT2D eigenvalue weighted by molar-refractivity contribution is 0.312. The molecule has 0 fully saturated rings. The third-order valence-electron chi connectivity index (χ3n) is 2.14. The van der Waals surface area contributed by atoms with Gasteiger partial charge in [-0.05, 0) is 32.0 Å². The first kappa shape index (κ1) is 12.0. The van der Waals surface area contributed by atoms with Gasteiger partial charge in [0.15, 0.2) is 0 Å². The van der Waals surface area contributed by atoms with Gasteiger partial charge in [0.25, 0.3) is 0 Å². The maximum atomic E-state index is 5.52. The minimum Gasteiger partial charge on any atom is -0.491 e. The van der Waals surface area contributed by atoms with Crippen molar-refractivity contribution in [2.75, 3.05) is 19.7 Å². The third-order valence-corrected chi connectivity index (χ3v) is 2.14. The largest absolute Gasteiger partial charge is 0.491 e. The number of hydrogen-bond acceptors (Lipinski definition) is 3. The SMILES string of the molecule is CCCCNCCOc1ccc(C)nc1. The van der Waals surface area contributed by atoms with E-state index in [2.05, 4.69) is 17.2 Å². The molecule has 84 valence electrons. The zero-order chi connectivity index (χ0) is 10.9. The average molecular weight is 208 g/mol. The Morgan fingerprint density at radius 1 is 1.33 bits per heavy atom. The second kappa shape index (κ2) is 7.23. The van der Waals surface area contributed by atoms with Crippen molar-refractivity contribution in [3.8, 4) is 5.75 Å². The first-order valence-electron chi connectivity index (χ1n) is 5.59. The van der Waals surface area contributed by atoms with Crippen LogP contribution in [0.15, 0.2) is 18.3 Å². The van der Waals surface area contributed by atoms with E-state index in [1.807, 2.05) is 19.1 Å². The Morgan fingerprint density at radius 3 is 2.87 bits per heavy atom. The first-order chi connectivity index (χ1) is 7.33. The van der Waals surface area contributed by atoms with E-state index < -0.39 is 0 Å². The highest BCUT2D eigenvalue weighted by atomic mass is 16.5. The number of aromatic nitrogens is 1. The number of unbranched alkanes of at least 4 members (excludes halogenated alkanes) is 1. The van der Waals surface area contributed by atoms with Crippen LogP contribution in [0, 0.1) is 6.92 Å². The van der Waals surface area contributed by atoms with Crippen LogP contribution in [0.5, 0.6) is 5.75 Å². The number of pyridine rings is 1. The summed E-state index contributed by atoms with van der Waals surface area (Å²) in [7, 11) is 0. The molecule has 0 bridgehead atoms. The summed E-state index contributed by atoms with van der Waals surface area (Å²) in [6.07, 6.45) is 4.23. The van der Waals surface area contributed by atoms with Crippen LogP contribution < -0.4 is 10.1 Å². The molecule has 0 radical (unpaired) electrons. The van der Waals surface area contributed by atoms with Crippen LogP contribution in [0.1, 0.15) is 25.5 Å². The minimum absolute atomic E-state index is 0.703. The van der Waals surface area contributed by atoms with Crippen molar-refractivity contribution in [1.29, 1.82) is 0 Å². The summed E-state index contributed by atoms with van der Waals surface area (Å²) in [6, 6.07) is 3.91. The quantitative estimate of drug-likeness (QED) is 0.697. The second-order valence-electron chi connectivity index (χ2n) is 3.59. The highest BCUT2D eigenvalue weighted by Crippen LogP contribution is 2.07. The van der Waals surface area contributed by atoms with E-state index in [1.54, 1.807) is 6.20 Å². The summed E-state index contributed by atoms with van der Waals surface area (Å²) in [5, 5.41) is 3.32. The van der Waals surface area contributed by atoms with E-state index in [0.29, 0.717) is 6.61 Å². The maximum Gasteiger partial charge on any atom is 0.137 e. The fourth-order valence-electron chi connectivity index (χ4n) is 1.21. The molecule has 1 rings (SSSR count). The van der Waals surface area contributed by atoms with Crippen molar-refractivity contribution < 1.29 is 4.74 Å². The molecule has 1 heterocycles. The van der Waals surface area contributed by atoms with Crippen LogP contribution in [0.25, 0.3) is 0 Å². The summed E-state index contributed by atoms with van der Waals surface area (Å²) in [5.74, 6) is 0.845. The van der Waals surface area contributed by atoms with Gasteiger partial charge in [0.2, 0.25) is 0 Å². The van der Waals surface area contributed by atoms with Crippen LogP contribution >= 0.6 is 0 Å². The van der Waals surface area contributed by atoms with Crippen LogP contribution in [-0.4, -0.2) is 24.7 Å². The molecule has 0 aliphatic heterocycles. The second-order valence-corrected chi connectivity index (χ2v) is 3.59. The van der Waals surface area contributed by atoms with Gasteiger partial charge in [-0.3, -0.25) is 4.98 Å². The van der Waals surface area contributed by atoms with Crippen LogP contribution in [0.2, 0.25) is 0 Å². The van der Waals surface area contributed by atoms with Gasteiger partial charge in [0, 0.05) is 12.2 Å². The molecule has 0 amide bonds. The summed E-state index contributed by atoms with van der Waals surface area (Å²) in [5.41, 5.74) is 1.02. The number of nitrogens with zero attached hydrogens (tertiary/aromatic N) is 1. The number of hydrogen-bond donors (Lipinski definition) is 1. The van der Waals surface area contributed by atoms with Gasteiger partial charge >= 0.3 is 0 Å². The highest BCUT2D eigenvalue weighted by Gasteiger charge is 1.93. The van der Waals surface area contributed by atoms with Gasteiger partial charge in [-0.25, -0.2) is 0 Å². The van der Waals surface area contributed by atoms with Crippen molar-refractivity contribution in [3.05, 3.63) is 24.0 Å². The van der Waals surface area contributed by atoms with E-state index in [1.165, 1.54) is 12.8 Å². The summed E-state index contributed by atoms with van der Waals surface area (Å²) in [6.45, 7) is 6.83. The highest BCUT2D eigenvalue weighted by molar-refractivity contribution is 5.18. The molecule has 0 unspecified atom stereocenters. The molecule has 3 heteroatoms. The van der Waals surface area contributed by atoms with Crippen LogP contribution in [0.4, 0.5) is 0 Å². The number of aryl methyl sites for hydroxylation is 1. The Kier molecular flexibility index (Phi) is 5.78. The van der Waals surface area contributed by atoms with Gasteiger partial charge in [-0.15, -0.1) is 0 Å². The third kappa shape index (κ3) is 5.37. The molecular weight excluding hydrogens is 188 g/mol. The molecular formula is C12H20N2O. The lowest BCUT2D eigenvalue weighted by atomic mass is 10.3. The Labute approximate surface area is 91.9 Å². The van der Waals surface area contributed by atoms with Crippen molar-refractivity contribution in [2.24, 2.45) is 0 Å². The molecule has 0 spiro atoms. The molecule has 0 aliphatic carbocycles. The molecule has 15 heavy (non-hydrogen) atoms. The normalized spacial score (nSPS) is 10.3. The molecule has 0 saturated carbocycles. The Hall–Kier alpha value is -1.09. The predicted molar refractivity (Wildman–Crippen MR) is 62.2 cm³/mol. The molecule has 3 nitrogen and oxygen atoms in total. The van der Waals surface area contributed by atoms with E-state index in [9.17, 15) is 0 Å². The van der Waals surface area contributed by atoms with Gasteiger partial charge in [0.1, 0.15) is 12.4 Å². The van der Waals surface area contributed by atoms with Gasteiger partial charge in [-0.2, -0.15) is 0 Å². The molecule has 0 atom stereocenters. The Balaban J connectivity index is 2.07. The van der Waals surface area contributed by atoms with Gasteiger partial charge in [-0.1, -0.05) is 13.3 Å². The zero-order valence-electron chi connectivity index (χ0n) is 9.62. The topological polar surface area (TPSA) is 34.1 Å². The molecule has 1 aromatic rings. The van der Waals surface area contributed by atoms with Crippen LogP contribution in [0.3, 0.4) is 0 Å². The zero-order valence-corrected chi connectivity index (χ0v) is 9.62. The molecule has 0 saturated heterocycles. The van der Waals surface area contributed by atoms with Crippen molar-refractivity contribution in [1.82, 2.24) is 10.3 Å². The molecule has 0 aliphatic rings. The van der Waals surface area contributed by atoms with Crippen LogP contribution in [-0.2, 0) is 0 Å². The minimum atomic E-state index is 0.703. The van der Waals surface area contributed by atoms with E-state index in [0.717, 1.165) is 24.5 Å². The Morgan fingerprint density at radius 2 is 2.20 bits per heavy atom. The lowest BCUT2D eigenvalue weighted by Crippen LogP contribution is -2.21. The number of nitrogens with one attached hydrogen (secondary N) is 1. The smallest absolute Gasteiger partial charge is 0.137 e. The average Bonchev–Trinajstić information content (AvgIpc) is 2.26. The van der Waals surface area contributed by atoms with Gasteiger partial charge in [0.05, 0.1) is 6.20 Å². The summed E-state index contributed by atoms with van der Waals surface area (Å²) >= 11 is 0. The number of rotatable bonds is 7. The van der Waals surface area contributed by atoms with E-state index in [4.69, 9.17) is 4.74 Å². The predicted octanol–water partition coefficient (Wildman–Crippen LogP) is 2.16. The lowest BCUT2D eigenvalue weighted by Gasteiger charge is -2.06. The summed E-state index contributed by atoms with van der Waals surface area (Å²) in [4.78, 5) is 4.16. The summed E-state index contributed by atoms with van der Waals surface area (Å²) < 4.78 is 5.52. The first-order valence-corrected chi connectivity index (χ1v) is 5.59.